The van der Waals surface area contributed by atoms with Crippen LogP contribution in [-0.4, -0.2) is 63.7 Å². The first-order valence-corrected chi connectivity index (χ1v) is 8.62. The average Bonchev–Trinajstić information content (AvgIpc) is 3.10. The lowest BCUT2D eigenvalue weighted by Gasteiger charge is -2.37. The van der Waals surface area contributed by atoms with Crippen LogP contribution in [0.15, 0.2) is 18.2 Å². The van der Waals surface area contributed by atoms with Gasteiger partial charge >= 0.3 is 0 Å². The van der Waals surface area contributed by atoms with E-state index in [1.54, 1.807) is 14.2 Å². The molecule has 0 aliphatic carbocycles. The summed E-state index contributed by atoms with van der Waals surface area (Å²) < 4.78 is 21.9. The quantitative estimate of drug-likeness (QED) is 0.830. The SMILES string of the molecule is COc1ccc(CNC(=O)CN2CCC3(CC2)OCCO3)cc1OC. The fourth-order valence-electron chi connectivity index (χ4n) is 3.29. The molecule has 2 heterocycles. The molecule has 0 saturated carbocycles. The molecule has 2 saturated heterocycles. The summed E-state index contributed by atoms with van der Waals surface area (Å²) >= 11 is 0. The lowest BCUT2D eigenvalue weighted by atomic mass is 10.0. The van der Waals surface area contributed by atoms with Crippen LogP contribution < -0.4 is 14.8 Å². The lowest BCUT2D eigenvalue weighted by molar-refractivity contribution is -0.185. The molecular formula is C18H26N2O5. The van der Waals surface area contributed by atoms with Gasteiger partial charge in [0.2, 0.25) is 5.91 Å². The van der Waals surface area contributed by atoms with E-state index in [1.165, 1.54) is 0 Å². The van der Waals surface area contributed by atoms with Crippen LogP contribution in [0.3, 0.4) is 0 Å². The molecule has 1 aromatic rings. The highest BCUT2D eigenvalue weighted by Gasteiger charge is 2.39. The van der Waals surface area contributed by atoms with Gasteiger partial charge in [-0.15, -0.1) is 0 Å². The zero-order valence-corrected chi connectivity index (χ0v) is 14.9. The van der Waals surface area contributed by atoms with Crippen LogP contribution in [-0.2, 0) is 20.8 Å². The Kier molecular flexibility index (Phi) is 5.78. The van der Waals surface area contributed by atoms with Crippen LogP contribution in [0.2, 0.25) is 0 Å². The molecule has 2 aliphatic rings. The van der Waals surface area contributed by atoms with Crippen molar-refractivity contribution < 1.29 is 23.7 Å². The molecule has 0 atom stereocenters. The number of piperidine rings is 1. The first-order valence-electron chi connectivity index (χ1n) is 8.62. The van der Waals surface area contributed by atoms with E-state index in [2.05, 4.69) is 10.2 Å². The lowest BCUT2D eigenvalue weighted by Crippen LogP contribution is -2.48. The van der Waals surface area contributed by atoms with Gasteiger partial charge in [0.15, 0.2) is 17.3 Å². The third-order valence-corrected chi connectivity index (χ3v) is 4.74. The Labute approximate surface area is 148 Å². The van der Waals surface area contributed by atoms with Gasteiger partial charge < -0.3 is 24.3 Å². The second kappa shape index (κ2) is 8.03. The number of nitrogens with zero attached hydrogens (tertiary/aromatic N) is 1. The van der Waals surface area contributed by atoms with Gasteiger partial charge in [-0.3, -0.25) is 9.69 Å². The van der Waals surface area contributed by atoms with Crippen LogP contribution in [0.5, 0.6) is 11.5 Å². The first kappa shape index (κ1) is 18.0. The highest BCUT2D eigenvalue weighted by molar-refractivity contribution is 5.78. The maximum atomic E-state index is 12.2. The molecule has 2 fully saturated rings. The van der Waals surface area contributed by atoms with Crippen LogP contribution in [0.4, 0.5) is 0 Å². The number of likely N-dealkylation sites (tertiary alicyclic amines) is 1. The van der Waals surface area contributed by atoms with E-state index < -0.39 is 5.79 Å². The van der Waals surface area contributed by atoms with E-state index in [4.69, 9.17) is 18.9 Å². The van der Waals surface area contributed by atoms with Crippen molar-refractivity contribution in [2.75, 3.05) is 47.1 Å². The molecule has 1 N–H and O–H groups in total. The standard InChI is InChI=1S/C18H26N2O5/c1-22-15-4-3-14(11-16(15)23-2)12-19-17(21)13-20-7-5-18(6-8-20)24-9-10-25-18/h3-4,11H,5-10,12-13H2,1-2H3,(H,19,21). The van der Waals surface area contributed by atoms with Gasteiger partial charge in [-0.05, 0) is 17.7 Å². The molecular weight excluding hydrogens is 324 g/mol. The zero-order valence-electron chi connectivity index (χ0n) is 14.9. The van der Waals surface area contributed by atoms with E-state index in [1.807, 2.05) is 18.2 Å². The van der Waals surface area contributed by atoms with Gasteiger partial charge in [-0.2, -0.15) is 0 Å². The van der Waals surface area contributed by atoms with Crippen molar-refractivity contribution in [1.82, 2.24) is 10.2 Å². The summed E-state index contributed by atoms with van der Waals surface area (Å²) in [6.07, 6.45) is 1.63. The number of ether oxygens (including phenoxy) is 4. The molecule has 138 valence electrons. The largest absolute Gasteiger partial charge is 0.493 e. The summed E-state index contributed by atoms with van der Waals surface area (Å²) in [5, 5.41) is 2.96. The second-order valence-corrected chi connectivity index (χ2v) is 6.35. The van der Waals surface area contributed by atoms with Crippen LogP contribution in [0, 0.1) is 0 Å². The number of carbonyl (C=O) groups excluding carboxylic acids is 1. The van der Waals surface area contributed by atoms with Gasteiger partial charge in [-0.1, -0.05) is 6.07 Å². The summed E-state index contributed by atoms with van der Waals surface area (Å²) in [5.41, 5.74) is 0.969. The highest BCUT2D eigenvalue weighted by Crippen LogP contribution is 2.31. The molecule has 1 amide bonds. The Bertz CT molecular complexity index is 591. The van der Waals surface area contributed by atoms with Crippen LogP contribution >= 0.6 is 0 Å². The fraction of sp³-hybridized carbons (Fsp3) is 0.611. The highest BCUT2D eigenvalue weighted by atomic mass is 16.7. The van der Waals surface area contributed by atoms with Crippen molar-refractivity contribution >= 4 is 5.91 Å². The normalized spacial score (nSPS) is 19.8. The molecule has 1 spiro atoms. The Morgan fingerprint density at radius 1 is 1.16 bits per heavy atom. The maximum absolute atomic E-state index is 12.2. The molecule has 0 radical (unpaired) electrons. The predicted molar refractivity (Wildman–Crippen MR) is 91.7 cm³/mol. The number of rotatable bonds is 6. The third kappa shape index (κ3) is 4.42. The van der Waals surface area contributed by atoms with Gasteiger partial charge in [0.05, 0.1) is 34.0 Å². The molecule has 0 aromatic heterocycles. The first-order chi connectivity index (χ1) is 12.1. The summed E-state index contributed by atoms with van der Waals surface area (Å²) in [7, 11) is 3.20. The van der Waals surface area contributed by atoms with Gasteiger partial charge in [0, 0.05) is 32.5 Å². The van der Waals surface area contributed by atoms with E-state index >= 15 is 0 Å². The van der Waals surface area contributed by atoms with Crippen molar-refractivity contribution in [2.24, 2.45) is 0 Å². The molecule has 7 nitrogen and oxygen atoms in total. The molecule has 2 aliphatic heterocycles. The van der Waals surface area contributed by atoms with Crippen molar-refractivity contribution in [3.63, 3.8) is 0 Å². The summed E-state index contributed by atoms with van der Waals surface area (Å²) in [4.78, 5) is 14.3. The summed E-state index contributed by atoms with van der Waals surface area (Å²) in [6.45, 7) is 3.82. The average molecular weight is 350 g/mol. The molecule has 7 heteroatoms. The number of methoxy groups -OCH3 is 2. The van der Waals surface area contributed by atoms with Crippen LogP contribution in [0.25, 0.3) is 0 Å². The van der Waals surface area contributed by atoms with E-state index in [9.17, 15) is 4.79 Å². The maximum Gasteiger partial charge on any atom is 0.234 e. The van der Waals surface area contributed by atoms with Crippen LogP contribution in [0.1, 0.15) is 18.4 Å². The Morgan fingerprint density at radius 2 is 1.84 bits per heavy atom. The molecule has 3 rings (SSSR count). The predicted octanol–water partition coefficient (Wildman–Crippen LogP) is 1.16. The Morgan fingerprint density at radius 3 is 2.48 bits per heavy atom. The number of amides is 1. The van der Waals surface area contributed by atoms with E-state index in [-0.39, 0.29) is 5.91 Å². The Hall–Kier alpha value is -1.83. The number of carbonyl (C=O) groups is 1. The molecule has 1 aromatic carbocycles. The topological polar surface area (TPSA) is 69.3 Å². The number of nitrogens with one attached hydrogen (secondary N) is 1. The monoisotopic (exact) mass is 350 g/mol. The molecule has 25 heavy (non-hydrogen) atoms. The second-order valence-electron chi connectivity index (χ2n) is 6.35. The summed E-state index contributed by atoms with van der Waals surface area (Å²) in [6, 6.07) is 5.63. The van der Waals surface area contributed by atoms with Crippen molar-refractivity contribution in [1.29, 1.82) is 0 Å². The number of hydrogen-bond donors (Lipinski definition) is 1. The smallest absolute Gasteiger partial charge is 0.234 e. The Balaban J connectivity index is 1.44. The number of benzene rings is 1. The van der Waals surface area contributed by atoms with Gasteiger partial charge in [0.1, 0.15) is 0 Å². The minimum absolute atomic E-state index is 0.0130. The molecule has 0 unspecified atom stereocenters. The zero-order chi connectivity index (χ0) is 17.7. The van der Waals surface area contributed by atoms with Gasteiger partial charge in [-0.25, -0.2) is 0 Å². The van der Waals surface area contributed by atoms with Crippen molar-refractivity contribution in [3.05, 3.63) is 23.8 Å². The third-order valence-electron chi connectivity index (χ3n) is 4.74. The molecule has 0 bridgehead atoms. The fourth-order valence-corrected chi connectivity index (χ4v) is 3.29. The van der Waals surface area contributed by atoms with Crippen molar-refractivity contribution in [2.45, 2.75) is 25.2 Å². The van der Waals surface area contributed by atoms with E-state index in [0.29, 0.717) is 37.8 Å². The van der Waals surface area contributed by atoms with Gasteiger partial charge in [0.25, 0.3) is 0 Å². The minimum atomic E-state index is -0.396. The van der Waals surface area contributed by atoms with Crippen molar-refractivity contribution in [3.8, 4) is 11.5 Å². The van der Waals surface area contributed by atoms with E-state index in [0.717, 1.165) is 31.5 Å². The summed E-state index contributed by atoms with van der Waals surface area (Å²) in [5.74, 6) is 0.953. The number of hydrogen-bond acceptors (Lipinski definition) is 6. The minimum Gasteiger partial charge on any atom is -0.493 e.